The lowest BCUT2D eigenvalue weighted by Gasteiger charge is -2.18. The Morgan fingerprint density at radius 3 is 0.836 bits per heavy atom. The summed E-state index contributed by atoms with van der Waals surface area (Å²) in [4.78, 5) is 38.0. The van der Waals surface area contributed by atoms with E-state index in [1.54, 1.807) is 0 Å². The highest BCUT2D eigenvalue weighted by atomic mass is 16.6. The molecule has 0 spiro atoms. The van der Waals surface area contributed by atoms with Crippen LogP contribution in [-0.4, -0.2) is 37.2 Å². The summed E-state index contributed by atoms with van der Waals surface area (Å²) in [5.74, 6) is -0.933. The molecule has 0 aromatic heterocycles. The van der Waals surface area contributed by atoms with E-state index in [1.165, 1.54) is 141 Å². The molecule has 73 heavy (non-hydrogen) atoms. The van der Waals surface area contributed by atoms with E-state index in [-0.39, 0.29) is 31.1 Å². The van der Waals surface area contributed by atoms with Crippen molar-refractivity contribution >= 4 is 17.9 Å². The fraction of sp³-hybridized carbons (Fsp3) is 0.716. The summed E-state index contributed by atoms with van der Waals surface area (Å²) >= 11 is 0. The molecule has 0 aliphatic rings. The van der Waals surface area contributed by atoms with E-state index in [0.29, 0.717) is 19.3 Å². The van der Waals surface area contributed by atoms with Gasteiger partial charge < -0.3 is 14.2 Å². The molecule has 1 unspecified atom stereocenters. The maximum atomic E-state index is 12.8. The number of esters is 3. The van der Waals surface area contributed by atoms with Crippen molar-refractivity contribution in [3.05, 3.63) is 97.2 Å². The molecule has 0 radical (unpaired) electrons. The lowest BCUT2D eigenvalue weighted by Crippen LogP contribution is -2.30. The summed E-state index contributed by atoms with van der Waals surface area (Å²) in [6, 6.07) is 0. The third kappa shape index (κ3) is 59.1. The molecule has 6 nitrogen and oxygen atoms in total. The van der Waals surface area contributed by atoms with Gasteiger partial charge in [0, 0.05) is 19.3 Å². The number of carbonyl (C=O) groups is 3. The highest BCUT2D eigenvalue weighted by Gasteiger charge is 2.19. The molecule has 418 valence electrons. The smallest absolute Gasteiger partial charge is 0.306 e. The summed E-state index contributed by atoms with van der Waals surface area (Å²) in [7, 11) is 0. The summed E-state index contributed by atoms with van der Waals surface area (Å²) in [6.45, 7) is 6.47. The zero-order valence-corrected chi connectivity index (χ0v) is 47.9. The molecule has 0 rings (SSSR count). The quantitative estimate of drug-likeness (QED) is 0.0261. The number of hydrogen-bond acceptors (Lipinski definition) is 6. The second-order valence-electron chi connectivity index (χ2n) is 20.2. The lowest BCUT2D eigenvalue weighted by atomic mass is 10.0. The van der Waals surface area contributed by atoms with Crippen LogP contribution in [0.2, 0.25) is 0 Å². The highest BCUT2D eigenvalue weighted by Crippen LogP contribution is 2.16. The molecule has 0 fully saturated rings. The summed E-state index contributed by atoms with van der Waals surface area (Å²) in [5, 5.41) is 0. The van der Waals surface area contributed by atoms with E-state index in [2.05, 4.69) is 118 Å². The van der Waals surface area contributed by atoms with Crippen molar-refractivity contribution in [2.45, 2.75) is 297 Å². The van der Waals surface area contributed by atoms with Gasteiger partial charge in [0.2, 0.25) is 0 Å². The first kappa shape index (κ1) is 69.3. The van der Waals surface area contributed by atoms with E-state index < -0.39 is 6.10 Å². The average Bonchev–Trinajstić information content (AvgIpc) is 3.39. The first-order valence-corrected chi connectivity index (χ1v) is 30.7. The van der Waals surface area contributed by atoms with Crippen molar-refractivity contribution in [1.82, 2.24) is 0 Å². The molecule has 0 aliphatic heterocycles. The standard InChI is InChI=1S/C67H114O6/c1-4-7-10-13-16-18-20-22-24-26-28-30-31-32-33-34-35-37-38-40-42-44-46-48-51-54-57-60-66(69)72-63-64(62-71-65(68)59-56-53-50-15-12-9-6-3)73-67(70)61-58-55-52-49-47-45-43-41-39-36-29-27-25-23-21-19-17-14-11-8-5-2/h7,10,16,18,22,24,28,30,32-33,35,37,40,42,46,48,64H,4-6,8-9,11-15,17,19-21,23,25-27,29,31,34,36,38-39,41,43-45,47,49-63H2,1-3H3/b10-7-,18-16-,24-22-,30-28-,33-32-,37-35-,42-40-,48-46-. The Morgan fingerprint density at radius 1 is 0.288 bits per heavy atom. The van der Waals surface area contributed by atoms with Crippen molar-refractivity contribution in [3.63, 3.8) is 0 Å². The maximum absolute atomic E-state index is 12.8. The molecule has 0 aromatic rings. The van der Waals surface area contributed by atoms with Gasteiger partial charge in [-0.25, -0.2) is 0 Å². The Bertz CT molecular complexity index is 1440. The van der Waals surface area contributed by atoms with Gasteiger partial charge in [-0.3, -0.25) is 14.4 Å². The molecule has 1 atom stereocenters. The number of hydrogen-bond donors (Lipinski definition) is 0. The molecular weight excluding hydrogens is 901 g/mol. The van der Waals surface area contributed by atoms with E-state index >= 15 is 0 Å². The van der Waals surface area contributed by atoms with Crippen molar-refractivity contribution < 1.29 is 28.6 Å². The third-order valence-corrected chi connectivity index (χ3v) is 13.1. The van der Waals surface area contributed by atoms with Crippen LogP contribution in [-0.2, 0) is 28.6 Å². The fourth-order valence-corrected chi connectivity index (χ4v) is 8.52. The summed E-state index contributed by atoms with van der Waals surface area (Å²) in [5.41, 5.74) is 0. The Hall–Kier alpha value is -3.67. The number of rotatable bonds is 55. The van der Waals surface area contributed by atoms with Gasteiger partial charge in [-0.1, -0.05) is 285 Å². The third-order valence-electron chi connectivity index (χ3n) is 13.1. The largest absolute Gasteiger partial charge is 0.462 e. The molecule has 0 amide bonds. The average molecular weight is 1020 g/mol. The van der Waals surface area contributed by atoms with Crippen molar-refractivity contribution in [3.8, 4) is 0 Å². The first-order valence-electron chi connectivity index (χ1n) is 30.7. The molecule has 0 saturated heterocycles. The lowest BCUT2D eigenvalue weighted by molar-refractivity contribution is -0.167. The van der Waals surface area contributed by atoms with E-state index in [0.717, 1.165) is 109 Å². The van der Waals surface area contributed by atoms with Gasteiger partial charge in [-0.15, -0.1) is 0 Å². The zero-order chi connectivity index (χ0) is 52.9. The van der Waals surface area contributed by atoms with Crippen LogP contribution in [0.3, 0.4) is 0 Å². The minimum absolute atomic E-state index is 0.0890. The molecule has 0 aromatic carbocycles. The van der Waals surface area contributed by atoms with Crippen LogP contribution in [0.1, 0.15) is 290 Å². The molecule has 6 heteroatoms. The number of ether oxygens (including phenoxy) is 3. The van der Waals surface area contributed by atoms with Crippen LogP contribution in [0.25, 0.3) is 0 Å². The van der Waals surface area contributed by atoms with Gasteiger partial charge in [0.05, 0.1) is 0 Å². The van der Waals surface area contributed by atoms with Crippen LogP contribution in [0.15, 0.2) is 97.2 Å². The van der Waals surface area contributed by atoms with Crippen LogP contribution in [0.5, 0.6) is 0 Å². The van der Waals surface area contributed by atoms with Crippen LogP contribution < -0.4 is 0 Å². The minimum atomic E-state index is -0.792. The molecule has 0 saturated carbocycles. The summed E-state index contributed by atoms with van der Waals surface area (Å²) in [6.07, 6.45) is 81.5. The normalized spacial score (nSPS) is 12.8. The highest BCUT2D eigenvalue weighted by molar-refractivity contribution is 5.71. The van der Waals surface area contributed by atoms with Gasteiger partial charge in [-0.05, 0) is 83.5 Å². The monoisotopic (exact) mass is 1010 g/mol. The summed E-state index contributed by atoms with van der Waals surface area (Å²) < 4.78 is 16.8. The van der Waals surface area contributed by atoms with Gasteiger partial charge in [0.1, 0.15) is 13.2 Å². The number of allylic oxidation sites excluding steroid dienone is 16. The van der Waals surface area contributed by atoms with Gasteiger partial charge in [0.15, 0.2) is 6.10 Å². The Kier molecular flexibility index (Phi) is 57.8. The maximum Gasteiger partial charge on any atom is 0.306 e. The Balaban J connectivity index is 4.25. The van der Waals surface area contributed by atoms with Gasteiger partial charge in [-0.2, -0.15) is 0 Å². The predicted molar refractivity (Wildman–Crippen MR) is 316 cm³/mol. The van der Waals surface area contributed by atoms with Crippen LogP contribution in [0.4, 0.5) is 0 Å². The first-order chi connectivity index (χ1) is 36.0. The Labute approximate surface area is 451 Å². The van der Waals surface area contributed by atoms with Gasteiger partial charge >= 0.3 is 17.9 Å². The molecule has 0 bridgehead atoms. The van der Waals surface area contributed by atoms with Crippen LogP contribution in [0, 0.1) is 0 Å². The molecular formula is C67H114O6. The van der Waals surface area contributed by atoms with Crippen molar-refractivity contribution in [1.29, 1.82) is 0 Å². The number of unbranched alkanes of at least 4 members (excludes halogenated alkanes) is 28. The van der Waals surface area contributed by atoms with E-state index in [4.69, 9.17) is 14.2 Å². The van der Waals surface area contributed by atoms with E-state index in [1.807, 2.05) is 0 Å². The number of carbonyl (C=O) groups excluding carboxylic acids is 3. The van der Waals surface area contributed by atoms with Crippen molar-refractivity contribution in [2.24, 2.45) is 0 Å². The predicted octanol–water partition coefficient (Wildman–Crippen LogP) is 20.9. The Morgan fingerprint density at radius 2 is 0.534 bits per heavy atom. The molecule has 0 aliphatic carbocycles. The second kappa shape index (κ2) is 60.9. The topological polar surface area (TPSA) is 78.9 Å². The minimum Gasteiger partial charge on any atom is -0.462 e. The fourth-order valence-electron chi connectivity index (χ4n) is 8.52. The molecule has 0 heterocycles. The second-order valence-corrected chi connectivity index (χ2v) is 20.2. The van der Waals surface area contributed by atoms with Crippen LogP contribution >= 0.6 is 0 Å². The van der Waals surface area contributed by atoms with E-state index in [9.17, 15) is 14.4 Å². The van der Waals surface area contributed by atoms with Crippen molar-refractivity contribution in [2.75, 3.05) is 13.2 Å². The zero-order valence-electron chi connectivity index (χ0n) is 47.9. The SMILES string of the molecule is CC/C=C\C/C=C\C/C=C\C/C=C\C/C=C\C/C=C\C/C=C\C/C=C\CCCCC(=O)OCC(COC(=O)CCCCCCCCC)OC(=O)CCCCCCCCCCCCCCCCCCCCCCC. The molecule has 0 N–H and O–H groups in total. The van der Waals surface area contributed by atoms with Gasteiger partial charge in [0.25, 0.3) is 0 Å².